The Morgan fingerprint density at radius 2 is 1.96 bits per heavy atom. The van der Waals surface area contributed by atoms with Crippen molar-refractivity contribution in [3.63, 3.8) is 0 Å². The molecule has 2 aromatic rings. The molecule has 4 nitrogen and oxygen atoms in total. The van der Waals surface area contributed by atoms with Gasteiger partial charge in [-0.2, -0.15) is 9.49 Å². The van der Waals surface area contributed by atoms with E-state index in [1.165, 1.54) is 24.1 Å². The fraction of sp³-hybridized carbons (Fsp3) is 0.500. The Morgan fingerprint density at radius 1 is 1.29 bits per heavy atom. The molecule has 1 aliphatic rings. The lowest BCUT2D eigenvalue weighted by atomic mass is 9.96. The van der Waals surface area contributed by atoms with E-state index in [9.17, 15) is 22.4 Å². The lowest BCUT2D eigenvalue weighted by molar-refractivity contribution is 0.0721. The lowest BCUT2D eigenvalue weighted by Gasteiger charge is -2.25. The first kappa shape index (κ1) is 20.4. The molecule has 28 heavy (non-hydrogen) atoms. The second-order valence-corrected chi connectivity index (χ2v) is 7.49. The van der Waals surface area contributed by atoms with Crippen LogP contribution in [0.1, 0.15) is 59.8 Å². The minimum absolute atomic E-state index is 0.0945. The van der Waals surface area contributed by atoms with Crippen molar-refractivity contribution >= 4 is 5.91 Å². The molecule has 1 amide bonds. The number of aryl methyl sites for hydroxylation is 1. The third-order valence-electron chi connectivity index (χ3n) is 4.93. The Labute approximate surface area is 161 Å². The third kappa shape index (κ3) is 4.20. The summed E-state index contributed by atoms with van der Waals surface area (Å²) in [5.41, 5.74) is 0.848. The van der Waals surface area contributed by atoms with Crippen molar-refractivity contribution in [2.24, 2.45) is 7.05 Å². The van der Waals surface area contributed by atoms with Crippen molar-refractivity contribution in [1.82, 2.24) is 14.7 Å². The second kappa shape index (κ2) is 7.93. The SMILES string of the molecule is CC(C)c1ccc(F)cc1CN(C(=O)c1c(CC(F)F)nn(C)c1F)C1CC1. The summed E-state index contributed by atoms with van der Waals surface area (Å²) in [6, 6.07) is 4.30. The van der Waals surface area contributed by atoms with Crippen molar-refractivity contribution in [1.29, 1.82) is 0 Å². The molecule has 0 radical (unpaired) electrons. The first-order valence-corrected chi connectivity index (χ1v) is 9.27. The number of alkyl halides is 2. The fourth-order valence-corrected chi connectivity index (χ4v) is 3.41. The first-order chi connectivity index (χ1) is 13.2. The Morgan fingerprint density at radius 3 is 2.54 bits per heavy atom. The van der Waals surface area contributed by atoms with Crippen molar-refractivity contribution in [2.45, 2.75) is 58.0 Å². The predicted molar refractivity (Wildman–Crippen MR) is 96.3 cm³/mol. The molecule has 1 aromatic heterocycles. The minimum Gasteiger partial charge on any atom is -0.331 e. The van der Waals surface area contributed by atoms with E-state index in [1.54, 1.807) is 6.07 Å². The maximum Gasteiger partial charge on any atom is 0.260 e. The first-order valence-electron chi connectivity index (χ1n) is 9.27. The van der Waals surface area contributed by atoms with Gasteiger partial charge in [0.15, 0.2) is 0 Å². The third-order valence-corrected chi connectivity index (χ3v) is 4.93. The molecule has 0 spiro atoms. The smallest absolute Gasteiger partial charge is 0.260 e. The molecule has 1 aromatic carbocycles. The van der Waals surface area contributed by atoms with E-state index in [4.69, 9.17) is 0 Å². The van der Waals surface area contributed by atoms with Gasteiger partial charge < -0.3 is 4.90 Å². The number of amides is 1. The van der Waals surface area contributed by atoms with Crippen molar-refractivity contribution in [2.75, 3.05) is 0 Å². The van der Waals surface area contributed by atoms with Gasteiger partial charge in [0.25, 0.3) is 5.91 Å². The number of carbonyl (C=O) groups is 1. The van der Waals surface area contributed by atoms with Gasteiger partial charge >= 0.3 is 0 Å². The standard InChI is InChI=1S/C20H23F4N3O/c1-11(2)15-7-4-13(21)8-12(15)10-27(14-5-6-14)20(28)18-16(9-17(22)23)25-26(3)19(18)24/h4,7-8,11,14,17H,5-6,9-10H2,1-3H3. The summed E-state index contributed by atoms with van der Waals surface area (Å²) >= 11 is 0. The van der Waals surface area contributed by atoms with E-state index in [-0.39, 0.29) is 24.2 Å². The van der Waals surface area contributed by atoms with Gasteiger partial charge in [-0.25, -0.2) is 17.9 Å². The monoisotopic (exact) mass is 397 g/mol. The topological polar surface area (TPSA) is 38.1 Å². The zero-order valence-electron chi connectivity index (χ0n) is 16.1. The largest absolute Gasteiger partial charge is 0.331 e. The Kier molecular flexibility index (Phi) is 5.76. The molecule has 3 rings (SSSR count). The molecular formula is C20H23F4N3O. The summed E-state index contributed by atoms with van der Waals surface area (Å²) in [7, 11) is 1.27. The summed E-state index contributed by atoms with van der Waals surface area (Å²) in [6.07, 6.45) is -2.06. The molecule has 0 aliphatic heterocycles. The summed E-state index contributed by atoms with van der Waals surface area (Å²) in [4.78, 5) is 14.6. The number of carbonyl (C=O) groups excluding carboxylic acids is 1. The highest BCUT2D eigenvalue weighted by Gasteiger charge is 2.37. The Balaban J connectivity index is 1.97. The van der Waals surface area contributed by atoms with Crippen LogP contribution in [0.5, 0.6) is 0 Å². The molecular weight excluding hydrogens is 374 g/mol. The van der Waals surface area contributed by atoms with Crippen LogP contribution >= 0.6 is 0 Å². The van der Waals surface area contributed by atoms with Crippen molar-refractivity contribution in [3.8, 4) is 0 Å². The number of rotatable bonds is 7. The summed E-state index contributed by atoms with van der Waals surface area (Å²) < 4.78 is 54.9. The van der Waals surface area contributed by atoms with Crippen molar-refractivity contribution < 1.29 is 22.4 Å². The molecule has 1 heterocycles. The molecule has 0 N–H and O–H groups in total. The summed E-state index contributed by atoms with van der Waals surface area (Å²) in [5, 5.41) is 3.75. The number of hydrogen-bond donors (Lipinski definition) is 0. The van der Waals surface area contributed by atoms with Crippen LogP contribution in [-0.2, 0) is 20.0 Å². The van der Waals surface area contributed by atoms with E-state index in [2.05, 4.69) is 5.10 Å². The summed E-state index contributed by atoms with van der Waals surface area (Å²) in [6.45, 7) is 4.01. The number of halogens is 4. The van der Waals surface area contributed by atoms with E-state index < -0.39 is 36.1 Å². The molecule has 0 saturated heterocycles. The normalized spacial score (nSPS) is 14.2. The van der Waals surface area contributed by atoms with E-state index in [0.717, 1.165) is 23.1 Å². The van der Waals surface area contributed by atoms with E-state index >= 15 is 0 Å². The van der Waals surface area contributed by atoms with Crippen molar-refractivity contribution in [3.05, 3.63) is 52.3 Å². The highest BCUT2D eigenvalue weighted by atomic mass is 19.3. The Bertz CT molecular complexity index is 875. The van der Waals surface area contributed by atoms with Gasteiger partial charge in [0, 0.05) is 19.6 Å². The van der Waals surface area contributed by atoms with Crippen LogP contribution in [0, 0.1) is 11.8 Å². The molecule has 152 valence electrons. The van der Waals surface area contributed by atoms with Gasteiger partial charge in [0.1, 0.15) is 11.4 Å². The number of aromatic nitrogens is 2. The molecule has 0 atom stereocenters. The molecule has 1 saturated carbocycles. The number of nitrogens with zero attached hydrogens (tertiary/aromatic N) is 3. The molecule has 1 fully saturated rings. The molecule has 1 aliphatic carbocycles. The van der Waals surface area contributed by atoms with Crippen LogP contribution in [-0.4, -0.2) is 33.1 Å². The zero-order valence-corrected chi connectivity index (χ0v) is 16.1. The molecule has 0 bridgehead atoms. The Hall–Kier alpha value is -2.38. The van der Waals surface area contributed by atoms with Crippen LogP contribution in [0.3, 0.4) is 0 Å². The minimum atomic E-state index is -2.74. The molecule has 0 unspecified atom stereocenters. The van der Waals surface area contributed by atoms with Crippen LogP contribution < -0.4 is 0 Å². The maximum atomic E-state index is 14.5. The highest BCUT2D eigenvalue weighted by Crippen LogP contribution is 2.33. The zero-order chi connectivity index (χ0) is 20.6. The van der Waals surface area contributed by atoms with Gasteiger partial charge in [-0.3, -0.25) is 4.79 Å². The van der Waals surface area contributed by atoms with Gasteiger partial charge in [0.05, 0.1) is 12.1 Å². The quantitative estimate of drug-likeness (QED) is 0.648. The van der Waals surface area contributed by atoms with Gasteiger partial charge in [0.2, 0.25) is 12.4 Å². The molecule has 8 heteroatoms. The lowest BCUT2D eigenvalue weighted by Crippen LogP contribution is -2.34. The van der Waals surface area contributed by atoms with Crippen LogP contribution in [0.4, 0.5) is 17.6 Å². The maximum absolute atomic E-state index is 14.5. The van der Waals surface area contributed by atoms with Crippen LogP contribution in [0.25, 0.3) is 0 Å². The van der Waals surface area contributed by atoms with Gasteiger partial charge in [-0.15, -0.1) is 0 Å². The summed E-state index contributed by atoms with van der Waals surface area (Å²) in [5.74, 6) is -1.93. The predicted octanol–water partition coefficient (Wildman–Crippen LogP) is 4.43. The van der Waals surface area contributed by atoms with Crippen LogP contribution in [0.2, 0.25) is 0 Å². The second-order valence-electron chi connectivity index (χ2n) is 7.49. The van der Waals surface area contributed by atoms with E-state index in [0.29, 0.717) is 5.56 Å². The number of benzene rings is 1. The fourth-order valence-electron chi connectivity index (χ4n) is 3.41. The average Bonchev–Trinajstić information content (AvgIpc) is 3.39. The van der Waals surface area contributed by atoms with E-state index in [1.807, 2.05) is 13.8 Å². The van der Waals surface area contributed by atoms with Crippen LogP contribution in [0.15, 0.2) is 18.2 Å². The van der Waals surface area contributed by atoms with Gasteiger partial charge in [-0.1, -0.05) is 19.9 Å². The number of hydrogen-bond acceptors (Lipinski definition) is 2. The van der Waals surface area contributed by atoms with Gasteiger partial charge in [-0.05, 0) is 42.0 Å². The highest BCUT2D eigenvalue weighted by molar-refractivity contribution is 5.95. The average molecular weight is 397 g/mol.